The van der Waals surface area contributed by atoms with Crippen LogP contribution in [0.25, 0.3) is 0 Å². The summed E-state index contributed by atoms with van der Waals surface area (Å²) in [6.45, 7) is 0. The van der Waals surface area contributed by atoms with Crippen molar-refractivity contribution in [2.24, 2.45) is 0 Å². The summed E-state index contributed by atoms with van der Waals surface area (Å²) in [6.07, 6.45) is -0.407. The van der Waals surface area contributed by atoms with E-state index >= 15 is 0 Å². The van der Waals surface area contributed by atoms with Crippen molar-refractivity contribution in [1.82, 2.24) is 0 Å². The molecule has 7 nitrogen and oxygen atoms in total. The molecule has 0 spiro atoms. The largest absolute Gasteiger partial charge is 0.393 e. The van der Waals surface area contributed by atoms with E-state index in [-0.39, 0.29) is 16.9 Å². The number of benzene rings is 2. The minimum Gasteiger partial charge on any atom is -0.393 e. The second-order valence-electron chi connectivity index (χ2n) is 4.54. The summed E-state index contributed by atoms with van der Waals surface area (Å²) in [7, 11) is 0. The third-order valence-electron chi connectivity index (χ3n) is 2.93. The molecule has 112 valence electrons. The van der Waals surface area contributed by atoms with Crippen molar-refractivity contribution in [2.45, 2.75) is 6.42 Å². The molecule has 0 radical (unpaired) electrons. The standard InChI is InChI=1S/C15H13N3O4/c16-12-7-6-10(8-13(12)18(21)22)14(19)9-15(20)17-11-4-2-1-3-5-11/h1-8H,9,16H2,(H,17,20). The number of carbonyl (C=O) groups is 2. The number of anilines is 2. The Bertz CT molecular complexity index is 729. The van der Waals surface area contributed by atoms with Crippen LogP contribution in [-0.2, 0) is 4.79 Å². The van der Waals surface area contributed by atoms with Gasteiger partial charge in [-0.05, 0) is 24.3 Å². The van der Waals surface area contributed by atoms with Crippen molar-refractivity contribution in [3.8, 4) is 0 Å². The van der Waals surface area contributed by atoms with Gasteiger partial charge in [0.25, 0.3) is 5.69 Å². The van der Waals surface area contributed by atoms with E-state index in [0.29, 0.717) is 5.69 Å². The van der Waals surface area contributed by atoms with E-state index in [1.165, 1.54) is 12.1 Å². The molecule has 2 rings (SSSR count). The predicted molar refractivity (Wildman–Crippen MR) is 81.5 cm³/mol. The fourth-order valence-corrected chi connectivity index (χ4v) is 1.85. The van der Waals surface area contributed by atoms with Crippen molar-refractivity contribution in [3.05, 3.63) is 64.2 Å². The molecule has 0 aliphatic heterocycles. The highest BCUT2D eigenvalue weighted by atomic mass is 16.6. The smallest absolute Gasteiger partial charge is 0.292 e. The van der Waals surface area contributed by atoms with Crippen LogP contribution in [0.3, 0.4) is 0 Å². The molecule has 0 aliphatic carbocycles. The molecule has 22 heavy (non-hydrogen) atoms. The normalized spacial score (nSPS) is 10.0. The quantitative estimate of drug-likeness (QED) is 0.289. The highest BCUT2D eigenvalue weighted by molar-refractivity contribution is 6.11. The van der Waals surface area contributed by atoms with Crippen LogP contribution < -0.4 is 11.1 Å². The number of nitrogen functional groups attached to an aromatic ring is 1. The van der Waals surface area contributed by atoms with Gasteiger partial charge in [-0.1, -0.05) is 18.2 Å². The number of nitro groups is 1. The summed E-state index contributed by atoms with van der Waals surface area (Å²) >= 11 is 0. The van der Waals surface area contributed by atoms with E-state index in [0.717, 1.165) is 6.07 Å². The zero-order valence-electron chi connectivity index (χ0n) is 11.5. The number of nitrogens with zero attached hydrogens (tertiary/aromatic N) is 1. The van der Waals surface area contributed by atoms with Gasteiger partial charge < -0.3 is 11.1 Å². The second kappa shape index (κ2) is 6.49. The summed E-state index contributed by atoms with van der Waals surface area (Å²) < 4.78 is 0. The third-order valence-corrected chi connectivity index (χ3v) is 2.93. The first-order chi connectivity index (χ1) is 10.5. The van der Waals surface area contributed by atoms with E-state index in [4.69, 9.17) is 5.73 Å². The van der Waals surface area contributed by atoms with Gasteiger partial charge in [0.1, 0.15) is 5.69 Å². The lowest BCUT2D eigenvalue weighted by atomic mass is 10.1. The van der Waals surface area contributed by atoms with Crippen LogP contribution in [0.15, 0.2) is 48.5 Å². The number of rotatable bonds is 5. The molecule has 7 heteroatoms. The highest BCUT2D eigenvalue weighted by Gasteiger charge is 2.17. The number of ketones is 1. The summed E-state index contributed by atoms with van der Waals surface area (Å²) in [5.74, 6) is -1.01. The summed E-state index contributed by atoms with van der Waals surface area (Å²) in [5, 5.41) is 13.4. The van der Waals surface area contributed by atoms with E-state index in [1.54, 1.807) is 30.3 Å². The van der Waals surface area contributed by atoms with Gasteiger partial charge >= 0.3 is 0 Å². The molecule has 0 saturated carbocycles. The number of amides is 1. The van der Waals surface area contributed by atoms with Crippen molar-refractivity contribution < 1.29 is 14.5 Å². The Balaban J connectivity index is 2.07. The predicted octanol–water partition coefficient (Wildman–Crippen LogP) is 2.39. The van der Waals surface area contributed by atoms with Crippen LogP contribution in [0.4, 0.5) is 17.1 Å². The Morgan fingerprint density at radius 3 is 2.45 bits per heavy atom. The first-order valence-corrected chi connectivity index (χ1v) is 6.39. The number of hydrogen-bond acceptors (Lipinski definition) is 5. The number of carbonyl (C=O) groups excluding carboxylic acids is 2. The maximum atomic E-state index is 12.0. The zero-order valence-corrected chi connectivity index (χ0v) is 11.5. The van der Waals surface area contributed by atoms with Crippen LogP contribution >= 0.6 is 0 Å². The van der Waals surface area contributed by atoms with Gasteiger partial charge in [0.05, 0.1) is 11.3 Å². The van der Waals surface area contributed by atoms with Crippen LogP contribution in [0.1, 0.15) is 16.8 Å². The Morgan fingerprint density at radius 1 is 1.14 bits per heavy atom. The topological polar surface area (TPSA) is 115 Å². The van der Waals surface area contributed by atoms with Crippen LogP contribution in [0.5, 0.6) is 0 Å². The molecule has 0 saturated heterocycles. The fraction of sp³-hybridized carbons (Fsp3) is 0.0667. The van der Waals surface area contributed by atoms with Crippen molar-refractivity contribution in [2.75, 3.05) is 11.1 Å². The lowest BCUT2D eigenvalue weighted by molar-refractivity contribution is -0.383. The first kappa shape index (κ1) is 15.2. The molecule has 0 bridgehead atoms. The Morgan fingerprint density at radius 2 is 1.82 bits per heavy atom. The lowest BCUT2D eigenvalue weighted by Gasteiger charge is -2.05. The minimum absolute atomic E-state index is 0.0321. The van der Waals surface area contributed by atoms with E-state index in [1.807, 2.05) is 0 Å². The number of nitrogens with one attached hydrogen (secondary N) is 1. The van der Waals surface area contributed by atoms with Gasteiger partial charge in [0, 0.05) is 17.3 Å². The zero-order chi connectivity index (χ0) is 16.1. The Labute approximate surface area is 125 Å². The van der Waals surface area contributed by atoms with Crippen molar-refractivity contribution in [1.29, 1.82) is 0 Å². The molecule has 0 fully saturated rings. The molecular weight excluding hydrogens is 286 g/mol. The monoisotopic (exact) mass is 299 g/mol. The molecular formula is C15H13N3O4. The Kier molecular flexibility index (Phi) is 4.47. The van der Waals surface area contributed by atoms with E-state index < -0.39 is 23.0 Å². The number of para-hydroxylation sites is 1. The highest BCUT2D eigenvalue weighted by Crippen LogP contribution is 2.23. The van der Waals surface area contributed by atoms with Crippen LogP contribution in [-0.4, -0.2) is 16.6 Å². The first-order valence-electron chi connectivity index (χ1n) is 6.39. The van der Waals surface area contributed by atoms with E-state index in [2.05, 4.69) is 5.32 Å². The molecule has 0 aromatic heterocycles. The SMILES string of the molecule is Nc1ccc(C(=O)CC(=O)Nc2ccccc2)cc1[N+](=O)[O-]. The van der Waals surface area contributed by atoms with Crippen LogP contribution in [0.2, 0.25) is 0 Å². The minimum atomic E-state index is -0.670. The second-order valence-corrected chi connectivity index (χ2v) is 4.54. The number of nitrogens with two attached hydrogens (primary N) is 1. The molecule has 2 aromatic carbocycles. The summed E-state index contributed by atoms with van der Waals surface area (Å²) in [5.41, 5.74) is 5.72. The van der Waals surface area contributed by atoms with Gasteiger partial charge in [0.2, 0.25) is 5.91 Å². The lowest BCUT2D eigenvalue weighted by Crippen LogP contribution is -2.16. The summed E-state index contributed by atoms with van der Waals surface area (Å²) in [6, 6.07) is 12.4. The fourth-order valence-electron chi connectivity index (χ4n) is 1.85. The van der Waals surface area contributed by atoms with Crippen molar-refractivity contribution in [3.63, 3.8) is 0 Å². The number of Topliss-reactive ketones (excluding diaryl/α,β-unsaturated/α-hetero) is 1. The van der Waals surface area contributed by atoms with Gasteiger partial charge in [-0.15, -0.1) is 0 Å². The van der Waals surface area contributed by atoms with Crippen molar-refractivity contribution >= 4 is 28.8 Å². The average Bonchev–Trinajstić information content (AvgIpc) is 2.48. The molecule has 0 aliphatic rings. The van der Waals surface area contributed by atoms with Gasteiger partial charge in [-0.25, -0.2) is 0 Å². The third kappa shape index (κ3) is 3.66. The maximum absolute atomic E-state index is 12.0. The molecule has 1 amide bonds. The Hall–Kier alpha value is -3.22. The number of nitro benzene ring substituents is 1. The molecule has 0 unspecified atom stereocenters. The number of hydrogen-bond donors (Lipinski definition) is 2. The average molecular weight is 299 g/mol. The van der Waals surface area contributed by atoms with Gasteiger partial charge in [0.15, 0.2) is 5.78 Å². The maximum Gasteiger partial charge on any atom is 0.292 e. The van der Waals surface area contributed by atoms with Crippen LogP contribution in [0, 0.1) is 10.1 Å². The summed E-state index contributed by atoms with van der Waals surface area (Å²) in [4.78, 5) is 33.9. The molecule has 0 atom stereocenters. The van der Waals surface area contributed by atoms with E-state index in [9.17, 15) is 19.7 Å². The van der Waals surface area contributed by atoms with Gasteiger partial charge in [-0.3, -0.25) is 19.7 Å². The van der Waals surface area contributed by atoms with Gasteiger partial charge in [-0.2, -0.15) is 0 Å². The molecule has 0 heterocycles. The molecule has 3 N–H and O–H groups in total. The molecule has 2 aromatic rings.